The van der Waals surface area contributed by atoms with Gasteiger partial charge in [0.1, 0.15) is 17.4 Å². The average Bonchev–Trinajstić information content (AvgIpc) is 3.19. The van der Waals surface area contributed by atoms with E-state index < -0.39 is 17.9 Å². The number of H-pyrrole nitrogens is 1. The van der Waals surface area contributed by atoms with E-state index in [1.807, 2.05) is 48.5 Å². The molecular weight excluding hydrogens is 366 g/mol. The van der Waals surface area contributed by atoms with Gasteiger partial charge in [0.05, 0.1) is 11.1 Å². The summed E-state index contributed by atoms with van der Waals surface area (Å²) in [5.74, 6) is -0.352. The van der Waals surface area contributed by atoms with E-state index in [-0.39, 0.29) is 0 Å². The van der Waals surface area contributed by atoms with Crippen molar-refractivity contribution in [3.63, 3.8) is 0 Å². The summed E-state index contributed by atoms with van der Waals surface area (Å²) in [7, 11) is 0. The van der Waals surface area contributed by atoms with Gasteiger partial charge in [-0.25, -0.2) is 4.98 Å². The van der Waals surface area contributed by atoms with Crippen LogP contribution in [-0.4, -0.2) is 32.8 Å². The van der Waals surface area contributed by atoms with Crippen LogP contribution in [0.1, 0.15) is 15.9 Å². The third-order valence-corrected chi connectivity index (χ3v) is 4.64. The van der Waals surface area contributed by atoms with Gasteiger partial charge in [0.15, 0.2) is 0 Å². The molecule has 0 saturated heterocycles. The molecule has 4 aromatic rings. The summed E-state index contributed by atoms with van der Waals surface area (Å²) in [6.07, 6.45) is 3.68. The molecule has 4 N–H and O–H groups in total. The van der Waals surface area contributed by atoms with Gasteiger partial charge in [-0.15, -0.1) is 0 Å². The molecule has 29 heavy (non-hydrogen) atoms. The van der Waals surface area contributed by atoms with Gasteiger partial charge in [0, 0.05) is 24.4 Å². The van der Waals surface area contributed by atoms with E-state index in [1.54, 1.807) is 24.5 Å². The minimum Gasteiger partial charge on any atom is -0.368 e. The Morgan fingerprint density at radius 1 is 1.00 bits per heavy atom. The quantitative estimate of drug-likeness (QED) is 0.473. The zero-order chi connectivity index (χ0) is 20.2. The second kappa shape index (κ2) is 7.93. The van der Waals surface area contributed by atoms with Crippen molar-refractivity contribution in [3.05, 3.63) is 84.2 Å². The Hall–Kier alpha value is -4.00. The molecule has 2 heterocycles. The van der Waals surface area contributed by atoms with Crippen LogP contribution in [0.3, 0.4) is 0 Å². The molecule has 0 unspecified atom stereocenters. The van der Waals surface area contributed by atoms with Gasteiger partial charge < -0.3 is 16.0 Å². The molecule has 0 aliphatic carbocycles. The number of nitrogens with two attached hydrogens (primary N) is 1. The van der Waals surface area contributed by atoms with Crippen LogP contribution in [0.2, 0.25) is 0 Å². The van der Waals surface area contributed by atoms with Gasteiger partial charge in [0.2, 0.25) is 5.91 Å². The van der Waals surface area contributed by atoms with Crippen LogP contribution in [0, 0.1) is 0 Å². The normalized spacial score (nSPS) is 11.9. The fourth-order valence-corrected chi connectivity index (χ4v) is 3.17. The van der Waals surface area contributed by atoms with E-state index in [0.29, 0.717) is 23.3 Å². The van der Waals surface area contributed by atoms with Gasteiger partial charge >= 0.3 is 0 Å². The number of fused-ring (bicyclic) bond motifs is 1. The molecule has 0 saturated carbocycles. The summed E-state index contributed by atoms with van der Waals surface area (Å²) in [5.41, 5.74) is 8.92. The Bertz CT molecular complexity index is 1160. The largest absolute Gasteiger partial charge is 0.368 e. The molecule has 0 fully saturated rings. The summed E-state index contributed by atoms with van der Waals surface area (Å²) in [6.45, 7) is 0. The summed E-state index contributed by atoms with van der Waals surface area (Å²) < 4.78 is 0. The van der Waals surface area contributed by atoms with Crippen LogP contribution < -0.4 is 11.1 Å². The fraction of sp³-hybridized carbons (Fsp3) is 0.0909. The molecule has 0 spiro atoms. The van der Waals surface area contributed by atoms with E-state index in [1.165, 1.54) is 0 Å². The maximum Gasteiger partial charge on any atom is 0.254 e. The van der Waals surface area contributed by atoms with Crippen LogP contribution in [-0.2, 0) is 11.2 Å². The lowest BCUT2D eigenvalue weighted by Crippen LogP contribution is -2.45. The summed E-state index contributed by atoms with van der Waals surface area (Å²) in [4.78, 5) is 36.6. The van der Waals surface area contributed by atoms with Crippen molar-refractivity contribution in [1.29, 1.82) is 0 Å². The average molecular weight is 385 g/mol. The first-order valence-electron chi connectivity index (χ1n) is 9.15. The number of primary amides is 1. The molecule has 0 aliphatic heterocycles. The first-order chi connectivity index (χ1) is 14.1. The molecule has 7 nitrogen and oxygen atoms in total. The van der Waals surface area contributed by atoms with Crippen molar-refractivity contribution in [1.82, 2.24) is 20.3 Å². The topological polar surface area (TPSA) is 114 Å². The maximum atomic E-state index is 12.9. The predicted octanol–water partition coefficient (Wildman–Crippen LogP) is 2.45. The standard InChI is InChI=1S/C22H19N5O2/c23-20(28)18(13-14-5-2-1-3-6-14)26-22(29)16-7-4-8-17-19(16)27-21(25-17)15-9-11-24-12-10-15/h1-12,18H,13H2,(H2,23,28)(H,25,27)(H,26,29)/t18-/m0/s1. The van der Waals surface area contributed by atoms with E-state index in [9.17, 15) is 9.59 Å². The first kappa shape index (κ1) is 18.4. The maximum absolute atomic E-state index is 12.9. The van der Waals surface area contributed by atoms with Crippen molar-refractivity contribution < 1.29 is 9.59 Å². The number of aromatic nitrogens is 3. The van der Waals surface area contributed by atoms with Gasteiger partial charge in [-0.05, 0) is 29.8 Å². The van der Waals surface area contributed by atoms with Crippen LogP contribution in [0.5, 0.6) is 0 Å². The Labute approximate surface area is 167 Å². The summed E-state index contributed by atoms with van der Waals surface area (Å²) in [5, 5.41) is 2.75. The number of amides is 2. The van der Waals surface area contributed by atoms with Crippen LogP contribution >= 0.6 is 0 Å². The number of imidazole rings is 1. The monoisotopic (exact) mass is 385 g/mol. The number of para-hydroxylation sites is 1. The molecule has 144 valence electrons. The smallest absolute Gasteiger partial charge is 0.254 e. The molecule has 2 aromatic heterocycles. The number of hydrogen-bond donors (Lipinski definition) is 3. The van der Waals surface area contributed by atoms with Gasteiger partial charge in [-0.1, -0.05) is 36.4 Å². The number of nitrogens with zero attached hydrogens (tertiary/aromatic N) is 2. The van der Waals surface area contributed by atoms with Crippen molar-refractivity contribution >= 4 is 22.8 Å². The van der Waals surface area contributed by atoms with Crippen LogP contribution in [0.25, 0.3) is 22.4 Å². The predicted molar refractivity (Wildman–Crippen MR) is 110 cm³/mol. The molecule has 1 atom stereocenters. The Kier molecular flexibility index (Phi) is 5.03. The van der Waals surface area contributed by atoms with Crippen LogP contribution in [0.4, 0.5) is 0 Å². The van der Waals surface area contributed by atoms with Gasteiger partial charge in [0.25, 0.3) is 5.91 Å². The lowest BCUT2D eigenvalue weighted by molar-refractivity contribution is -0.119. The van der Waals surface area contributed by atoms with Crippen molar-refractivity contribution in [3.8, 4) is 11.4 Å². The van der Waals surface area contributed by atoms with E-state index in [0.717, 1.165) is 16.6 Å². The zero-order valence-electron chi connectivity index (χ0n) is 15.5. The first-order valence-corrected chi connectivity index (χ1v) is 9.15. The Balaban J connectivity index is 1.62. The number of aromatic amines is 1. The van der Waals surface area contributed by atoms with E-state index in [4.69, 9.17) is 5.73 Å². The number of benzene rings is 2. The molecule has 7 heteroatoms. The minimum atomic E-state index is -0.821. The van der Waals surface area contributed by atoms with E-state index in [2.05, 4.69) is 20.3 Å². The number of carbonyl (C=O) groups excluding carboxylic acids is 2. The second-order valence-electron chi connectivity index (χ2n) is 6.64. The highest BCUT2D eigenvalue weighted by Crippen LogP contribution is 2.22. The molecule has 2 amide bonds. The number of nitrogens with one attached hydrogen (secondary N) is 2. The molecule has 0 bridgehead atoms. The molecule has 0 radical (unpaired) electrons. The molecule has 4 rings (SSSR count). The van der Waals surface area contributed by atoms with Crippen LogP contribution in [0.15, 0.2) is 73.1 Å². The van der Waals surface area contributed by atoms with Crippen molar-refractivity contribution in [2.45, 2.75) is 12.5 Å². The zero-order valence-corrected chi connectivity index (χ0v) is 15.5. The minimum absolute atomic E-state index is 0.320. The molecular formula is C22H19N5O2. The SMILES string of the molecule is NC(=O)[C@H](Cc1ccccc1)NC(=O)c1cccc2[nH]c(-c3ccncc3)nc12. The summed E-state index contributed by atoms with van der Waals surface area (Å²) in [6, 6.07) is 17.5. The molecule has 0 aliphatic rings. The fourth-order valence-electron chi connectivity index (χ4n) is 3.17. The Morgan fingerprint density at radius 2 is 1.76 bits per heavy atom. The van der Waals surface area contributed by atoms with E-state index >= 15 is 0 Å². The highest BCUT2D eigenvalue weighted by molar-refractivity contribution is 6.06. The van der Waals surface area contributed by atoms with Gasteiger partial charge in [-0.3, -0.25) is 14.6 Å². The Morgan fingerprint density at radius 3 is 2.48 bits per heavy atom. The lowest BCUT2D eigenvalue weighted by Gasteiger charge is -2.15. The number of carbonyl (C=O) groups is 2. The second-order valence-corrected chi connectivity index (χ2v) is 6.64. The number of pyridine rings is 1. The summed E-state index contributed by atoms with van der Waals surface area (Å²) >= 11 is 0. The number of hydrogen-bond acceptors (Lipinski definition) is 4. The number of rotatable bonds is 6. The van der Waals surface area contributed by atoms with Crippen molar-refractivity contribution in [2.75, 3.05) is 0 Å². The highest BCUT2D eigenvalue weighted by Gasteiger charge is 2.21. The third kappa shape index (κ3) is 3.98. The molecule has 2 aromatic carbocycles. The van der Waals surface area contributed by atoms with Gasteiger partial charge in [-0.2, -0.15) is 0 Å². The highest BCUT2D eigenvalue weighted by atomic mass is 16.2. The third-order valence-electron chi connectivity index (χ3n) is 4.64. The lowest BCUT2D eigenvalue weighted by atomic mass is 10.0. The van der Waals surface area contributed by atoms with Crippen molar-refractivity contribution in [2.24, 2.45) is 5.73 Å².